The van der Waals surface area contributed by atoms with Crippen LogP contribution in [-0.2, 0) is 9.59 Å². The van der Waals surface area contributed by atoms with Gasteiger partial charge in [0.25, 0.3) is 0 Å². The largest absolute Gasteiger partial charge is 0.351 e. The maximum Gasteiger partial charge on any atom is 0.223 e. The molecule has 27 heavy (non-hydrogen) atoms. The SMILES string of the molecule is CC(=O)N1C=Cc2ccccc2[C@@H]1CC(=O)NC12CC3CC(CC(C3)C1)C2. The number of carbonyl (C=O) groups is 2. The summed E-state index contributed by atoms with van der Waals surface area (Å²) >= 11 is 0. The highest BCUT2D eigenvalue weighted by molar-refractivity contribution is 5.82. The van der Waals surface area contributed by atoms with Gasteiger partial charge in [0, 0.05) is 18.7 Å². The van der Waals surface area contributed by atoms with Gasteiger partial charge in [0.2, 0.25) is 11.8 Å². The molecule has 4 bridgehead atoms. The fourth-order valence-corrected chi connectivity index (χ4v) is 6.70. The number of benzene rings is 1. The number of fused-ring (bicyclic) bond motifs is 1. The van der Waals surface area contributed by atoms with E-state index >= 15 is 0 Å². The first-order valence-corrected chi connectivity index (χ1v) is 10.4. The first-order chi connectivity index (χ1) is 13.0. The van der Waals surface area contributed by atoms with E-state index in [1.165, 1.54) is 19.3 Å². The van der Waals surface area contributed by atoms with Gasteiger partial charge in [0.15, 0.2) is 0 Å². The molecular formula is C23H28N2O2. The summed E-state index contributed by atoms with van der Waals surface area (Å²) in [5, 5.41) is 3.46. The molecule has 1 aromatic carbocycles. The number of hydrogen-bond acceptors (Lipinski definition) is 2. The summed E-state index contributed by atoms with van der Waals surface area (Å²) in [4.78, 5) is 27.0. The lowest BCUT2D eigenvalue weighted by molar-refractivity contribution is -0.131. The van der Waals surface area contributed by atoms with E-state index in [1.807, 2.05) is 36.5 Å². The number of hydrogen-bond donors (Lipinski definition) is 1. The average molecular weight is 364 g/mol. The molecule has 4 saturated carbocycles. The molecule has 1 atom stereocenters. The van der Waals surface area contributed by atoms with Gasteiger partial charge in [-0.3, -0.25) is 9.59 Å². The van der Waals surface area contributed by atoms with Crippen molar-refractivity contribution in [1.29, 1.82) is 0 Å². The van der Waals surface area contributed by atoms with Gasteiger partial charge in [0.1, 0.15) is 0 Å². The van der Waals surface area contributed by atoms with Crippen LogP contribution in [-0.4, -0.2) is 22.3 Å². The van der Waals surface area contributed by atoms with Gasteiger partial charge in [-0.25, -0.2) is 0 Å². The molecular weight excluding hydrogens is 336 g/mol. The minimum Gasteiger partial charge on any atom is -0.351 e. The summed E-state index contributed by atoms with van der Waals surface area (Å²) in [6.45, 7) is 1.57. The molecule has 6 rings (SSSR count). The van der Waals surface area contributed by atoms with Gasteiger partial charge in [-0.2, -0.15) is 0 Å². The predicted octanol–water partition coefficient (Wildman–Crippen LogP) is 4.04. The van der Waals surface area contributed by atoms with Crippen molar-refractivity contribution < 1.29 is 9.59 Å². The Morgan fingerprint density at radius 3 is 2.33 bits per heavy atom. The Labute approximate surface area is 161 Å². The summed E-state index contributed by atoms with van der Waals surface area (Å²) < 4.78 is 0. The highest BCUT2D eigenvalue weighted by Gasteiger charge is 2.51. The third-order valence-corrected chi connectivity index (χ3v) is 7.29. The van der Waals surface area contributed by atoms with Gasteiger partial charge in [-0.05, 0) is 73.5 Å². The number of carbonyl (C=O) groups excluding carboxylic acids is 2. The maximum absolute atomic E-state index is 13.1. The second-order valence-corrected chi connectivity index (χ2v) is 9.34. The zero-order chi connectivity index (χ0) is 18.6. The van der Waals surface area contributed by atoms with E-state index in [1.54, 1.807) is 11.8 Å². The van der Waals surface area contributed by atoms with E-state index in [0.717, 1.165) is 48.1 Å². The number of nitrogens with one attached hydrogen (secondary N) is 1. The molecule has 1 heterocycles. The summed E-state index contributed by atoms with van der Waals surface area (Å²) in [5.74, 6) is 2.50. The molecule has 4 nitrogen and oxygen atoms in total. The Morgan fingerprint density at radius 2 is 1.70 bits per heavy atom. The second kappa shape index (κ2) is 6.22. The molecule has 4 heteroatoms. The molecule has 0 spiro atoms. The van der Waals surface area contributed by atoms with Crippen molar-refractivity contribution >= 4 is 17.9 Å². The highest BCUT2D eigenvalue weighted by Crippen LogP contribution is 2.55. The first-order valence-electron chi connectivity index (χ1n) is 10.4. The molecule has 142 valence electrons. The summed E-state index contributed by atoms with van der Waals surface area (Å²) in [7, 11) is 0. The molecule has 5 aliphatic rings. The standard InChI is InChI=1S/C23H28N2O2/c1-15(26)25-7-6-19-4-2-3-5-20(19)21(25)11-22(27)24-23-12-16-8-17(13-23)10-18(9-16)14-23/h2-7,16-18,21H,8-14H2,1H3,(H,24,27)/t16?,17?,18?,21-,23?/m0/s1. The van der Waals surface area contributed by atoms with Crippen LogP contribution in [0.4, 0.5) is 0 Å². The predicted molar refractivity (Wildman–Crippen MR) is 104 cm³/mol. The third-order valence-electron chi connectivity index (χ3n) is 7.29. The molecule has 4 fully saturated rings. The minimum absolute atomic E-state index is 0.0200. The molecule has 0 saturated heterocycles. The van der Waals surface area contributed by atoms with Gasteiger partial charge in [-0.15, -0.1) is 0 Å². The van der Waals surface area contributed by atoms with E-state index < -0.39 is 0 Å². The van der Waals surface area contributed by atoms with Crippen LogP contribution < -0.4 is 5.32 Å². The third kappa shape index (κ3) is 2.99. The van der Waals surface area contributed by atoms with E-state index in [9.17, 15) is 9.59 Å². The van der Waals surface area contributed by atoms with Crippen molar-refractivity contribution in [1.82, 2.24) is 10.2 Å². The van der Waals surface area contributed by atoms with Crippen LogP contribution in [0.3, 0.4) is 0 Å². The number of amides is 2. The van der Waals surface area contributed by atoms with E-state index in [4.69, 9.17) is 0 Å². The fraction of sp³-hybridized carbons (Fsp3) is 0.565. The van der Waals surface area contributed by atoms with Crippen LogP contribution in [0.1, 0.15) is 69.0 Å². The lowest BCUT2D eigenvalue weighted by Gasteiger charge is -2.57. The molecule has 2 amide bonds. The quantitative estimate of drug-likeness (QED) is 0.880. The Bertz CT molecular complexity index is 777. The molecule has 0 unspecified atom stereocenters. The van der Waals surface area contributed by atoms with Crippen LogP contribution in [0.5, 0.6) is 0 Å². The molecule has 4 aliphatic carbocycles. The smallest absolute Gasteiger partial charge is 0.223 e. The van der Waals surface area contributed by atoms with Crippen LogP contribution in [0.2, 0.25) is 0 Å². The monoisotopic (exact) mass is 364 g/mol. The average Bonchev–Trinajstić information content (AvgIpc) is 2.60. The zero-order valence-corrected chi connectivity index (χ0v) is 16.0. The Balaban J connectivity index is 1.35. The van der Waals surface area contributed by atoms with E-state index in [2.05, 4.69) is 5.32 Å². The van der Waals surface area contributed by atoms with Gasteiger partial charge < -0.3 is 10.2 Å². The van der Waals surface area contributed by atoms with Crippen molar-refractivity contribution in [2.75, 3.05) is 0 Å². The molecule has 1 aromatic rings. The van der Waals surface area contributed by atoms with Crippen molar-refractivity contribution in [3.8, 4) is 0 Å². The van der Waals surface area contributed by atoms with Crippen LogP contribution in [0.15, 0.2) is 30.5 Å². The number of nitrogens with zero attached hydrogens (tertiary/aromatic N) is 1. The van der Waals surface area contributed by atoms with Crippen molar-refractivity contribution in [2.45, 2.75) is 63.5 Å². The summed E-state index contributed by atoms with van der Waals surface area (Å²) in [6.07, 6.45) is 11.7. The molecule has 0 aromatic heterocycles. The maximum atomic E-state index is 13.1. The van der Waals surface area contributed by atoms with Crippen LogP contribution in [0, 0.1) is 17.8 Å². The Morgan fingerprint density at radius 1 is 1.07 bits per heavy atom. The molecule has 0 radical (unpaired) electrons. The van der Waals surface area contributed by atoms with Gasteiger partial charge in [0.05, 0.1) is 12.5 Å². The first kappa shape index (κ1) is 17.0. The Hall–Kier alpha value is -2.10. The lowest BCUT2D eigenvalue weighted by atomic mass is 9.53. The highest BCUT2D eigenvalue weighted by atomic mass is 16.2. The van der Waals surface area contributed by atoms with Crippen molar-refractivity contribution in [3.63, 3.8) is 0 Å². The lowest BCUT2D eigenvalue weighted by Crippen LogP contribution is -2.60. The van der Waals surface area contributed by atoms with Crippen molar-refractivity contribution in [2.24, 2.45) is 17.8 Å². The Kier molecular flexibility index (Phi) is 3.92. The van der Waals surface area contributed by atoms with E-state index in [0.29, 0.717) is 6.42 Å². The number of rotatable bonds is 3. The fourth-order valence-electron chi connectivity index (χ4n) is 6.70. The second-order valence-electron chi connectivity index (χ2n) is 9.34. The molecule has 1 aliphatic heterocycles. The van der Waals surface area contributed by atoms with Crippen LogP contribution in [0.25, 0.3) is 6.08 Å². The van der Waals surface area contributed by atoms with E-state index in [-0.39, 0.29) is 23.4 Å². The van der Waals surface area contributed by atoms with Gasteiger partial charge >= 0.3 is 0 Å². The topological polar surface area (TPSA) is 49.4 Å². The normalized spacial score (nSPS) is 35.8. The zero-order valence-electron chi connectivity index (χ0n) is 16.0. The summed E-state index contributed by atoms with van der Waals surface area (Å²) in [5.41, 5.74) is 2.19. The van der Waals surface area contributed by atoms with Gasteiger partial charge in [-0.1, -0.05) is 24.3 Å². The van der Waals surface area contributed by atoms with Crippen LogP contribution >= 0.6 is 0 Å². The van der Waals surface area contributed by atoms with Crippen molar-refractivity contribution in [3.05, 3.63) is 41.6 Å². The molecule has 1 N–H and O–H groups in total. The summed E-state index contributed by atoms with van der Waals surface area (Å²) in [6, 6.07) is 7.86. The minimum atomic E-state index is -0.211.